The number of aromatic nitrogens is 3. The average molecular weight is 411 g/mol. The van der Waals surface area contributed by atoms with E-state index >= 15 is 0 Å². The van der Waals surface area contributed by atoms with Crippen LogP contribution in [0.15, 0.2) is 47.6 Å². The van der Waals surface area contributed by atoms with Crippen molar-refractivity contribution in [2.24, 2.45) is 0 Å². The molecule has 0 aliphatic carbocycles. The van der Waals surface area contributed by atoms with Gasteiger partial charge in [0.25, 0.3) is 0 Å². The maximum absolute atomic E-state index is 12.7. The highest BCUT2D eigenvalue weighted by Gasteiger charge is 2.19. The monoisotopic (exact) mass is 411 g/mol. The van der Waals surface area contributed by atoms with E-state index in [-0.39, 0.29) is 18.3 Å². The van der Waals surface area contributed by atoms with Crippen molar-refractivity contribution in [2.45, 2.75) is 18.6 Å². The van der Waals surface area contributed by atoms with Gasteiger partial charge in [-0.05, 0) is 31.2 Å². The lowest BCUT2D eigenvalue weighted by molar-refractivity contribution is 0.102. The highest BCUT2D eigenvalue weighted by atomic mass is 32.2. The minimum atomic E-state index is -0.00769. The summed E-state index contributed by atoms with van der Waals surface area (Å²) in [7, 11) is 1.66. The molecule has 0 spiro atoms. The molecule has 0 bridgehead atoms. The number of methoxy groups -OCH3 is 1. The number of rotatable bonds is 8. The van der Waals surface area contributed by atoms with E-state index in [2.05, 4.69) is 16.3 Å². The van der Waals surface area contributed by atoms with Gasteiger partial charge in [-0.15, -0.1) is 10.2 Å². The minimum absolute atomic E-state index is 0.00769. The Labute approximate surface area is 173 Å². The van der Waals surface area contributed by atoms with Gasteiger partial charge in [0, 0.05) is 18.2 Å². The van der Waals surface area contributed by atoms with Crippen molar-refractivity contribution in [1.82, 2.24) is 14.8 Å². The van der Waals surface area contributed by atoms with Crippen LogP contribution in [0, 0.1) is 6.92 Å². The summed E-state index contributed by atoms with van der Waals surface area (Å²) in [5.74, 6) is 2.27. The fraction of sp³-hybridized carbons (Fsp3) is 0.286. The van der Waals surface area contributed by atoms with Gasteiger partial charge in [-0.25, -0.2) is 0 Å². The molecule has 2 heterocycles. The number of ketones is 1. The highest BCUT2D eigenvalue weighted by molar-refractivity contribution is 7.99. The van der Waals surface area contributed by atoms with Gasteiger partial charge in [-0.3, -0.25) is 9.36 Å². The Balaban J connectivity index is 1.52. The molecule has 0 N–H and O–H groups in total. The first kappa shape index (κ1) is 19.5. The first-order valence-electron chi connectivity index (χ1n) is 9.20. The van der Waals surface area contributed by atoms with Crippen molar-refractivity contribution in [3.8, 4) is 22.9 Å². The summed E-state index contributed by atoms with van der Waals surface area (Å²) >= 11 is 1.37. The largest absolute Gasteiger partial charge is 0.454 e. The van der Waals surface area contributed by atoms with Gasteiger partial charge in [0.1, 0.15) is 0 Å². The Hall–Kier alpha value is -2.84. The molecule has 1 aliphatic heterocycles. The van der Waals surface area contributed by atoms with Crippen molar-refractivity contribution in [3.63, 3.8) is 0 Å². The molecule has 0 saturated heterocycles. The molecule has 8 heteroatoms. The number of Topliss-reactive ketones (excluding diaryl/α,β-unsaturated/α-hetero) is 1. The van der Waals surface area contributed by atoms with E-state index in [0.29, 0.717) is 35.4 Å². The number of fused-ring (bicyclic) bond motifs is 1. The van der Waals surface area contributed by atoms with Crippen molar-refractivity contribution in [1.29, 1.82) is 0 Å². The van der Waals surface area contributed by atoms with Crippen molar-refractivity contribution in [2.75, 3.05) is 26.3 Å². The van der Waals surface area contributed by atoms with E-state index in [4.69, 9.17) is 14.2 Å². The van der Waals surface area contributed by atoms with Crippen LogP contribution in [-0.2, 0) is 11.3 Å². The average Bonchev–Trinajstić information content (AvgIpc) is 3.36. The maximum Gasteiger partial charge on any atom is 0.231 e. The number of ether oxygens (including phenoxy) is 3. The molecule has 0 saturated carbocycles. The third-order valence-electron chi connectivity index (χ3n) is 4.54. The Bertz CT molecular complexity index is 1030. The van der Waals surface area contributed by atoms with Crippen LogP contribution in [0.5, 0.6) is 11.5 Å². The fourth-order valence-corrected chi connectivity index (χ4v) is 3.92. The number of hydrogen-bond donors (Lipinski definition) is 0. The molecule has 3 aromatic rings. The number of carbonyl (C=O) groups is 1. The number of thioether (sulfide) groups is 1. The van der Waals surface area contributed by atoms with Crippen LogP contribution < -0.4 is 9.47 Å². The molecular formula is C21H21N3O4S. The summed E-state index contributed by atoms with van der Waals surface area (Å²) in [6.07, 6.45) is 0. The van der Waals surface area contributed by atoms with Crippen LogP contribution in [-0.4, -0.2) is 46.8 Å². The molecular weight excluding hydrogens is 390 g/mol. The zero-order chi connectivity index (χ0) is 20.2. The molecule has 29 heavy (non-hydrogen) atoms. The standard InChI is InChI=1S/C21H21N3O4S/c1-14-4-3-5-16(10-14)20-22-23-21(24(20)8-9-26-2)29-12-17(25)15-6-7-18-19(11-15)28-13-27-18/h3-7,10-11H,8-9,12-13H2,1-2H3. The molecule has 150 valence electrons. The molecule has 0 amide bonds. The van der Waals surface area contributed by atoms with E-state index in [1.54, 1.807) is 25.3 Å². The molecule has 2 aromatic carbocycles. The van der Waals surface area contributed by atoms with E-state index in [0.717, 1.165) is 17.0 Å². The van der Waals surface area contributed by atoms with Crippen LogP contribution >= 0.6 is 11.8 Å². The molecule has 0 atom stereocenters. The molecule has 0 radical (unpaired) electrons. The zero-order valence-electron chi connectivity index (χ0n) is 16.3. The molecule has 1 aromatic heterocycles. The van der Waals surface area contributed by atoms with Gasteiger partial charge in [0.05, 0.1) is 18.9 Å². The van der Waals surface area contributed by atoms with Gasteiger partial charge < -0.3 is 14.2 Å². The molecule has 0 unspecified atom stereocenters. The highest BCUT2D eigenvalue weighted by Crippen LogP contribution is 2.33. The SMILES string of the molecule is COCCn1c(SCC(=O)c2ccc3c(c2)OCO3)nnc1-c1cccc(C)c1. The van der Waals surface area contributed by atoms with Crippen molar-refractivity contribution >= 4 is 17.5 Å². The third-order valence-corrected chi connectivity index (χ3v) is 5.51. The summed E-state index contributed by atoms with van der Waals surface area (Å²) in [6, 6.07) is 13.3. The topological polar surface area (TPSA) is 75.5 Å². The van der Waals surface area contributed by atoms with Crippen molar-refractivity contribution < 1.29 is 19.0 Å². The van der Waals surface area contributed by atoms with Crippen LogP contribution in [0.2, 0.25) is 0 Å². The maximum atomic E-state index is 12.7. The number of benzene rings is 2. The first-order valence-corrected chi connectivity index (χ1v) is 10.2. The number of hydrogen-bond acceptors (Lipinski definition) is 7. The van der Waals surface area contributed by atoms with Gasteiger partial charge in [0.2, 0.25) is 6.79 Å². The Morgan fingerprint density at radius 1 is 1.17 bits per heavy atom. The number of nitrogens with zero attached hydrogens (tertiary/aromatic N) is 3. The van der Waals surface area contributed by atoms with Crippen LogP contribution in [0.25, 0.3) is 11.4 Å². The second kappa shape index (κ2) is 8.67. The first-order chi connectivity index (χ1) is 14.2. The minimum Gasteiger partial charge on any atom is -0.454 e. The summed E-state index contributed by atoms with van der Waals surface area (Å²) < 4.78 is 17.9. The van der Waals surface area contributed by atoms with Crippen LogP contribution in [0.1, 0.15) is 15.9 Å². The summed E-state index contributed by atoms with van der Waals surface area (Å²) in [6.45, 7) is 3.36. The van der Waals surface area contributed by atoms with Gasteiger partial charge >= 0.3 is 0 Å². The quantitative estimate of drug-likeness (QED) is 0.414. The van der Waals surface area contributed by atoms with E-state index < -0.39 is 0 Å². The van der Waals surface area contributed by atoms with Crippen LogP contribution in [0.4, 0.5) is 0 Å². The summed E-state index contributed by atoms with van der Waals surface area (Å²) in [5, 5.41) is 9.38. The summed E-state index contributed by atoms with van der Waals surface area (Å²) in [5.41, 5.74) is 2.72. The molecule has 1 aliphatic rings. The van der Waals surface area contributed by atoms with Crippen molar-refractivity contribution in [3.05, 3.63) is 53.6 Å². The van der Waals surface area contributed by atoms with E-state index in [9.17, 15) is 4.79 Å². The Morgan fingerprint density at radius 3 is 2.86 bits per heavy atom. The fourth-order valence-electron chi connectivity index (χ4n) is 3.06. The smallest absolute Gasteiger partial charge is 0.231 e. The van der Waals surface area contributed by atoms with Crippen LogP contribution in [0.3, 0.4) is 0 Å². The second-order valence-corrected chi connectivity index (χ2v) is 7.54. The van der Waals surface area contributed by atoms with E-state index in [1.165, 1.54) is 11.8 Å². The third kappa shape index (κ3) is 4.28. The number of carbonyl (C=O) groups excluding carboxylic acids is 1. The Kier molecular flexibility index (Phi) is 5.82. The zero-order valence-corrected chi connectivity index (χ0v) is 17.1. The predicted molar refractivity (Wildman–Crippen MR) is 110 cm³/mol. The van der Waals surface area contributed by atoms with Gasteiger partial charge in [-0.2, -0.15) is 0 Å². The molecule has 7 nitrogen and oxygen atoms in total. The molecule has 0 fully saturated rings. The van der Waals surface area contributed by atoms with Gasteiger partial charge in [-0.1, -0.05) is 35.5 Å². The molecule has 4 rings (SSSR count). The lowest BCUT2D eigenvalue weighted by Crippen LogP contribution is -2.09. The second-order valence-electron chi connectivity index (χ2n) is 6.60. The van der Waals surface area contributed by atoms with Gasteiger partial charge in [0.15, 0.2) is 28.3 Å². The van der Waals surface area contributed by atoms with E-state index in [1.807, 2.05) is 29.7 Å². The number of aryl methyl sites for hydroxylation is 1. The lowest BCUT2D eigenvalue weighted by Gasteiger charge is -2.10. The lowest BCUT2D eigenvalue weighted by atomic mass is 10.1. The summed E-state index contributed by atoms with van der Waals surface area (Å²) in [4.78, 5) is 12.7. The predicted octanol–water partition coefficient (Wildman–Crippen LogP) is 3.60. The Morgan fingerprint density at radius 2 is 2.03 bits per heavy atom. The normalized spacial score (nSPS) is 12.3.